The molecule has 1 amide bonds. The molecule has 4 rings (SSSR count). The predicted molar refractivity (Wildman–Crippen MR) is 119 cm³/mol. The summed E-state index contributed by atoms with van der Waals surface area (Å²) in [6.45, 7) is 4.75. The molecule has 0 saturated heterocycles. The van der Waals surface area contributed by atoms with Crippen molar-refractivity contribution in [1.82, 2.24) is 15.0 Å². The molecule has 9 heteroatoms. The number of carbonyl (C=O) groups is 1. The highest BCUT2D eigenvalue weighted by Gasteiger charge is 2.30. The Morgan fingerprint density at radius 1 is 1.06 bits per heavy atom. The Balaban J connectivity index is 1.38. The molecule has 1 atom stereocenters. The van der Waals surface area contributed by atoms with E-state index in [0.29, 0.717) is 36.2 Å². The fourth-order valence-electron chi connectivity index (χ4n) is 3.23. The molecule has 1 aliphatic heterocycles. The second kappa shape index (κ2) is 8.55. The number of anilines is 4. The summed E-state index contributed by atoms with van der Waals surface area (Å²) in [5.41, 5.74) is 3.30. The van der Waals surface area contributed by atoms with Gasteiger partial charge in [-0.05, 0) is 43.2 Å². The van der Waals surface area contributed by atoms with Crippen molar-refractivity contribution in [1.29, 1.82) is 0 Å². The summed E-state index contributed by atoms with van der Waals surface area (Å²) in [6, 6.07) is 9.92. The predicted octanol–water partition coefficient (Wildman–Crippen LogP) is 3.32. The van der Waals surface area contributed by atoms with Crippen molar-refractivity contribution in [3.8, 4) is 0 Å². The van der Waals surface area contributed by atoms with Gasteiger partial charge in [0.15, 0.2) is 5.82 Å². The van der Waals surface area contributed by atoms with Crippen molar-refractivity contribution in [2.75, 3.05) is 27.9 Å². The highest BCUT2D eigenvalue weighted by Crippen LogP contribution is 2.32. The van der Waals surface area contributed by atoms with Crippen LogP contribution in [0.2, 0.25) is 0 Å². The van der Waals surface area contributed by atoms with Crippen molar-refractivity contribution >= 4 is 29.2 Å². The molecular formula is C22H24FN7O. The summed E-state index contributed by atoms with van der Waals surface area (Å²) < 4.78 is 13.0. The van der Waals surface area contributed by atoms with E-state index < -0.39 is 0 Å². The second-order valence-corrected chi connectivity index (χ2v) is 7.49. The molecule has 0 aliphatic carbocycles. The minimum atomic E-state index is -0.297. The zero-order valence-electron chi connectivity index (χ0n) is 17.6. The number of aromatic nitrogens is 3. The van der Waals surface area contributed by atoms with Gasteiger partial charge in [0.25, 0.3) is 0 Å². The van der Waals surface area contributed by atoms with Crippen LogP contribution in [0.25, 0.3) is 0 Å². The Morgan fingerprint density at radius 3 is 2.48 bits per heavy atom. The molecule has 160 valence electrons. The molecule has 1 aromatic carbocycles. The maximum absolute atomic E-state index is 13.0. The van der Waals surface area contributed by atoms with Crippen LogP contribution < -0.4 is 20.9 Å². The normalized spacial score (nSPS) is 15.3. The third-order valence-electron chi connectivity index (χ3n) is 5.28. The van der Waals surface area contributed by atoms with E-state index in [4.69, 9.17) is 0 Å². The lowest BCUT2D eigenvalue weighted by Gasteiger charge is -2.32. The first-order chi connectivity index (χ1) is 14.9. The van der Waals surface area contributed by atoms with Crippen LogP contribution in [0.15, 0.2) is 42.6 Å². The van der Waals surface area contributed by atoms with Crippen LogP contribution in [0.1, 0.15) is 23.7 Å². The molecule has 0 saturated carbocycles. The fraction of sp³-hybridized carbons (Fsp3) is 0.273. The molecule has 3 heterocycles. The molecule has 0 radical (unpaired) electrons. The van der Waals surface area contributed by atoms with E-state index >= 15 is 0 Å². The average Bonchev–Trinajstić information content (AvgIpc) is 2.77. The monoisotopic (exact) mass is 421 g/mol. The molecule has 0 bridgehead atoms. The molecule has 2 aromatic heterocycles. The van der Waals surface area contributed by atoms with Crippen molar-refractivity contribution < 1.29 is 9.18 Å². The maximum Gasteiger partial charge on any atom is 0.246 e. The number of rotatable bonds is 6. The smallest absolute Gasteiger partial charge is 0.246 e. The van der Waals surface area contributed by atoms with Gasteiger partial charge in [-0.1, -0.05) is 18.2 Å². The van der Waals surface area contributed by atoms with Gasteiger partial charge in [0.1, 0.15) is 23.4 Å². The number of aryl methyl sites for hydroxylation is 1. The number of halogens is 1. The molecular weight excluding hydrogens is 397 g/mol. The minimum absolute atomic E-state index is 0.0680. The maximum atomic E-state index is 13.0. The van der Waals surface area contributed by atoms with Gasteiger partial charge in [-0.2, -0.15) is 4.98 Å². The van der Waals surface area contributed by atoms with E-state index in [1.54, 1.807) is 18.3 Å². The SMILES string of the molecule is Cc1nc(NCc2ccc(NCc3ccc(F)cc3)nc2)nc2c1NC(=O)C(C)N2C. The van der Waals surface area contributed by atoms with Crippen LogP contribution in [-0.4, -0.2) is 33.9 Å². The van der Waals surface area contributed by atoms with Crippen LogP contribution in [0.5, 0.6) is 0 Å². The molecule has 0 spiro atoms. The lowest BCUT2D eigenvalue weighted by Crippen LogP contribution is -2.44. The van der Waals surface area contributed by atoms with Gasteiger partial charge < -0.3 is 20.9 Å². The third kappa shape index (κ3) is 4.55. The van der Waals surface area contributed by atoms with E-state index in [1.165, 1.54) is 12.1 Å². The summed E-state index contributed by atoms with van der Waals surface area (Å²) in [6.07, 6.45) is 1.78. The van der Waals surface area contributed by atoms with Crippen LogP contribution in [0.3, 0.4) is 0 Å². The highest BCUT2D eigenvalue weighted by atomic mass is 19.1. The number of nitrogens with one attached hydrogen (secondary N) is 3. The van der Waals surface area contributed by atoms with Crippen molar-refractivity contribution in [2.24, 2.45) is 0 Å². The van der Waals surface area contributed by atoms with Crippen molar-refractivity contribution in [3.05, 3.63) is 65.2 Å². The van der Waals surface area contributed by atoms with Crippen molar-refractivity contribution in [2.45, 2.75) is 33.0 Å². The van der Waals surface area contributed by atoms with E-state index in [-0.39, 0.29) is 17.8 Å². The number of fused-ring (bicyclic) bond motifs is 1. The van der Waals surface area contributed by atoms with Crippen molar-refractivity contribution in [3.63, 3.8) is 0 Å². The number of likely N-dealkylation sites (N-methyl/N-ethyl adjacent to an activating group) is 1. The van der Waals surface area contributed by atoms with Gasteiger partial charge in [-0.25, -0.2) is 14.4 Å². The zero-order chi connectivity index (χ0) is 22.0. The quantitative estimate of drug-likeness (QED) is 0.562. The lowest BCUT2D eigenvalue weighted by atomic mass is 10.2. The second-order valence-electron chi connectivity index (χ2n) is 7.49. The van der Waals surface area contributed by atoms with Crippen LogP contribution >= 0.6 is 0 Å². The van der Waals surface area contributed by atoms with E-state index in [2.05, 4.69) is 30.9 Å². The van der Waals surface area contributed by atoms with Gasteiger partial charge in [0.05, 0.1) is 5.69 Å². The number of benzene rings is 1. The number of pyridine rings is 1. The standard InChI is InChI=1S/C22H24FN7O/c1-13-19-20(30(3)14(2)21(31)28-19)29-22(27-13)26-12-16-6-9-18(25-11-16)24-10-15-4-7-17(23)8-5-15/h4-9,11,14H,10,12H2,1-3H3,(H,24,25)(H,28,31)(H,26,27,29). The summed E-state index contributed by atoms with van der Waals surface area (Å²) >= 11 is 0. The van der Waals surface area contributed by atoms with E-state index in [0.717, 1.165) is 16.9 Å². The Kier molecular flexibility index (Phi) is 5.66. The molecule has 1 aliphatic rings. The first-order valence-corrected chi connectivity index (χ1v) is 10.00. The van der Waals surface area contributed by atoms with Crippen LogP contribution in [-0.2, 0) is 17.9 Å². The number of amides is 1. The topological polar surface area (TPSA) is 95.1 Å². The number of carbonyl (C=O) groups excluding carboxylic acids is 1. The van der Waals surface area contributed by atoms with Gasteiger partial charge in [-0.15, -0.1) is 0 Å². The molecule has 3 N–H and O–H groups in total. The largest absolute Gasteiger partial charge is 0.366 e. The average molecular weight is 421 g/mol. The Labute approximate surface area is 179 Å². The summed E-state index contributed by atoms with van der Waals surface area (Å²) in [5, 5.41) is 9.31. The summed E-state index contributed by atoms with van der Waals surface area (Å²) in [5.74, 6) is 1.61. The van der Waals surface area contributed by atoms with Gasteiger partial charge in [0, 0.05) is 26.3 Å². The number of nitrogens with zero attached hydrogens (tertiary/aromatic N) is 4. The zero-order valence-corrected chi connectivity index (χ0v) is 17.6. The lowest BCUT2D eigenvalue weighted by molar-refractivity contribution is -0.117. The number of hydrogen-bond donors (Lipinski definition) is 3. The Hall–Kier alpha value is -3.75. The van der Waals surface area contributed by atoms with E-state index in [9.17, 15) is 9.18 Å². The van der Waals surface area contributed by atoms with E-state index in [1.807, 2.05) is 37.9 Å². The van der Waals surface area contributed by atoms with Crippen LogP contribution in [0.4, 0.5) is 27.7 Å². The van der Waals surface area contributed by atoms with Gasteiger partial charge in [-0.3, -0.25) is 4.79 Å². The summed E-state index contributed by atoms with van der Waals surface area (Å²) in [4.78, 5) is 27.3. The minimum Gasteiger partial charge on any atom is -0.366 e. The third-order valence-corrected chi connectivity index (χ3v) is 5.28. The fourth-order valence-corrected chi connectivity index (χ4v) is 3.23. The Bertz CT molecular complexity index is 1090. The van der Waals surface area contributed by atoms with Crippen LogP contribution in [0, 0.1) is 12.7 Å². The number of hydrogen-bond acceptors (Lipinski definition) is 7. The molecule has 3 aromatic rings. The molecule has 31 heavy (non-hydrogen) atoms. The first kappa shape index (κ1) is 20.5. The molecule has 0 fully saturated rings. The van der Waals surface area contributed by atoms with Gasteiger partial charge >= 0.3 is 0 Å². The van der Waals surface area contributed by atoms with Gasteiger partial charge in [0.2, 0.25) is 11.9 Å². The highest BCUT2D eigenvalue weighted by molar-refractivity contribution is 6.03. The molecule has 8 nitrogen and oxygen atoms in total. The summed E-state index contributed by atoms with van der Waals surface area (Å²) in [7, 11) is 1.85. The Morgan fingerprint density at radius 2 is 1.77 bits per heavy atom. The molecule has 1 unspecified atom stereocenters. The first-order valence-electron chi connectivity index (χ1n) is 10.00.